The summed E-state index contributed by atoms with van der Waals surface area (Å²) in [5, 5.41) is 51.4. The largest absolute Gasteiger partial charge is 0.468 e. The second-order valence-corrected chi connectivity index (χ2v) is 11.6. The standard InChI is InChI=1S/C26H47N5O9/c1-14-7-19(33)24(37-12-14)40-23-18(31-25(35)26(36)5-6-29-13-26)8-17(28)22(21(23)34)39-20-4-2-3-16(38-20)11-30-10-15(32)9-27/h3,14-15,17-24,29-30,32-34,36H,2,4-13,27-28H2,1H3,(H,31,35)/t14-,15?,17-,18+,19+,20+,21-,22+,23-,24+,26?/m0/s1. The second kappa shape index (κ2) is 14.2. The van der Waals surface area contributed by atoms with Crippen LogP contribution in [0.2, 0.25) is 0 Å². The van der Waals surface area contributed by atoms with Crippen LogP contribution in [0.1, 0.15) is 39.0 Å². The zero-order valence-electron chi connectivity index (χ0n) is 23.1. The maximum Gasteiger partial charge on any atom is 0.253 e. The fourth-order valence-electron chi connectivity index (χ4n) is 5.65. The van der Waals surface area contributed by atoms with Crippen molar-refractivity contribution < 1.29 is 44.2 Å². The van der Waals surface area contributed by atoms with Crippen LogP contribution in [-0.4, -0.2) is 126 Å². The Balaban J connectivity index is 1.42. The van der Waals surface area contributed by atoms with Crippen LogP contribution in [0.4, 0.5) is 0 Å². The summed E-state index contributed by atoms with van der Waals surface area (Å²) in [5.74, 6) is 0.212. The number of nitrogens with two attached hydrogens (primary N) is 2. The lowest BCUT2D eigenvalue weighted by Gasteiger charge is -2.46. The molecule has 0 radical (unpaired) electrons. The molecular formula is C26H47N5O9. The van der Waals surface area contributed by atoms with Gasteiger partial charge in [0.15, 0.2) is 18.2 Å². The number of nitrogens with one attached hydrogen (secondary N) is 3. The number of allylic oxidation sites excluding steroid dienone is 1. The molecule has 0 aromatic rings. The molecule has 40 heavy (non-hydrogen) atoms. The van der Waals surface area contributed by atoms with Gasteiger partial charge < -0.3 is 66.8 Å². The van der Waals surface area contributed by atoms with Gasteiger partial charge in [-0.05, 0) is 44.2 Å². The molecular weight excluding hydrogens is 526 g/mol. The Morgan fingerprint density at radius 1 is 1.30 bits per heavy atom. The highest BCUT2D eigenvalue weighted by Crippen LogP contribution is 2.31. The maximum absolute atomic E-state index is 13.0. The number of amides is 1. The third kappa shape index (κ3) is 7.89. The van der Waals surface area contributed by atoms with E-state index >= 15 is 0 Å². The number of carbonyl (C=O) groups excluding carboxylic acids is 1. The molecule has 2 unspecified atom stereocenters. The molecule has 1 saturated carbocycles. The minimum atomic E-state index is -1.57. The number of aliphatic hydroxyl groups excluding tert-OH is 3. The summed E-state index contributed by atoms with van der Waals surface area (Å²) in [7, 11) is 0. The van der Waals surface area contributed by atoms with E-state index in [1.807, 2.05) is 13.0 Å². The number of rotatable bonds is 11. The van der Waals surface area contributed by atoms with Crippen molar-refractivity contribution in [3.05, 3.63) is 11.8 Å². The molecule has 1 aliphatic carbocycles. The Labute approximate surface area is 234 Å². The van der Waals surface area contributed by atoms with E-state index in [0.29, 0.717) is 51.3 Å². The number of aliphatic hydroxyl groups is 4. The molecule has 0 spiro atoms. The van der Waals surface area contributed by atoms with Gasteiger partial charge in [0, 0.05) is 32.1 Å². The first kappa shape index (κ1) is 31.5. The van der Waals surface area contributed by atoms with Gasteiger partial charge in [-0.2, -0.15) is 0 Å². The molecule has 2 saturated heterocycles. The predicted molar refractivity (Wildman–Crippen MR) is 142 cm³/mol. The first-order valence-corrected chi connectivity index (χ1v) is 14.3. The van der Waals surface area contributed by atoms with E-state index in [2.05, 4.69) is 16.0 Å². The molecule has 0 bridgehead atoms. The van der Waals surface area contributed by atoms with Crippen LogP contribution in [0.25, 0.3) is 0 Å². The van der Waals surface area contributed by atoms with E-state index in [1.54, 1.807) is 0 Å². The molecule has 11 atom stereocenters. The van der Waals surface area contributed by atoms with E-state index in [1.165, 1.54) is 0 Å². The van der Waals surface area contributed by atoms with Crippen molar-refractivity contribution in [1.29, 1.82) is 0 Å². The molecule has 3 heterocycles. The summed E-state index contributed by atoms with van der Waals surface area (Å²) in [5.41, 5.74) is 10.3. The molecule has 11 N–H and O–H groups in total. The number of hydrogen-bond donors (Lipinski definition) is 9. The number of carbonyl (C=O) groups is 1. The maximum atomic E-state index is 13.0. The molecule has 1 amide bonds. The highest BCUT2D eigenvalue weighted by molar-refractivity contribution is 5.86. The lowest BCUT2D eigenvalue weighted by Crippen LogP contribution is -2.67. The summed E-state index contributed by atoms with van der Waals surface area (Å²) in [6.45, 7) is 3.82. The number of β-amino-alcohol motifs (C(OH)–C–C–N with tert-alkyl or cyclic N) is 1. The first-order valence-electron chi connectivity index (χ1n) is 14.3. The van der Waals surface area contributed by atoms with Crippen LogP contribution < -0.4 is 27.4 Å². The van der Waals surface area contributed by atoms with Gasteiger partial charge in [-0.15, -0.1) is 0 Å². The molecule has 230 valence electrons. The quantitative estimate of drug-likeness (QED) is 0.118. The van der Waals surface area contributed by atoms with Crippen molar-refractivity contribution in [3.8, 4) is 0 Å². The Bertz CT molecular complexity index is 860. The van der Waals surface area contributed by atoms with Crippen molar-refractivity contribution >= 4 is 5.91 Å². The minimum Gasteiger partial charge on any atom is -0.468 e. The second-order valence-electron chi connectivity index (χ2n) is 11.6. The zero-order chi connectivity index (χ0) is 28.9. The average molecular weight is 574 g/mol. The van der Waals surface area contributed by atoms with Crippen molar-refractivity contribution in [2.75, 3.05) is 39.3 Å². The van der Waals surface area contributed by atoms with E-state index < -0.39 is 66.7 Å². The van der Waals surface area contributed by atoms with Crippen molar-refractivity contribution in [1.82, 2.24) is 16.0 Å². The van der Waals surface area contributed by atoms with Crippen LogP contribution in [0.15, 0.2) is 11.8 Å². The smallest absolute Gasteiger partial charge is 0.253 e. The summed E-state index contributed by atoms with van der Waals surface area (Å²) in [4.78, 5) is 13.0. The normalized spacial score (nSPS) is 41.2. The van der Waals surface area contributed by atoms with Gasteiger partial charge in [-0.3, -0.25) is 4.79 Å². The fraction of sp³-hybridized carbons (Fsp3) is 0.885. The molecule has 0 aromatic carbocycles. The summed E-state index contributed by atoms with van der Waals surface area (Å²) in [6, 6.07) is -1.46. The minimum absolute atomic E-state index is 0.120. The van der Waals surface area contributed by atoms with Crippen LogP contribution in [-0.2, 0) is 23.7 Å². The lowest BCUT2D eigenvalue weighted by molar-refractivity contribution is -0.282. The van der Waals surface area contributed by atoms with Crippen molar-refractivity contribution in [3.63, 3.8) is 0 Å². The van der Waals surface area contributed by atoms with E-state index in [0.717, 1.165) is 0 Å². The van der Waals surface area contributed by atoms with Gasteiger partial charge in [0.25, 0.3) is 5.91 Å². The van der Waals surface area contributed by atoms with Crippen LogP contribution in [0.5, 0.6) is 0 Å². The van der Waals surface area contributed by atoms with Gasteiger partial charge in [0.05, 0.1) is 25.3 Å². The Morgan fingerprint density at radius 3 is 2.80 bits per heavy atom. The molecule has 4 aliphatic rings. The molecule has 14 nitrogen and oxygen atoms in total. The number of ether oxygens (including phenoxy) is 4. The third-order valence-corrected chi connectivity index (χ3v) is 8.00. The monoisotopic (exact) mass is 573 g/mol. The average Bonchev–Trinajstić information content (AvgIpc) is 3.37. The Kier molecular flexibility index (Phi) is 11.2. The fourth-order valence-corrected chi connectivity index (χ4v) is 5.65. The Morgan fingerprint density at radius 2 is 2.10 bits per heavy atom. The van der Waals surface area contributed by atoms with Gasteiger partial charge >= 0.3 is 0 Å². The predicted octanol–water partition coefficient (Wildman–Crippen LogP) is -3.27. The lowest BCUT2D eigenvalue weighted by atomic mass is 9.83. The summed E-state index contributed by atoms with van der Waals surface area (Å²) >= 11 is 0. The van der Waals surface area contributed by atoms with Crippen LogP contribution >= 0.6 is 0 Å². The SMILES string of the molecule is C[C@@H]1CO[C@H](O[C@@H]2[C@@H](O)[C@H](O[C@@H]3CCC=C(CNCC(O)CN)O3)[C@@H](N)C[C@H]2NC(=O)C2(O)CCNC2)[C@H](O)C1. The van der Waals surface area contributed by atoms with E-state index in [-0.39, 0.29) is 31.8 Å². The van der Waals surface area contributed by atoms with Gasteiger partial charge in [-0.1, -0.05) is 6.92 Å². The summed E-state index contributed by atoms with van der Waals surface area (Å²) < 4.78 is 24.0. The van der Waals surface area contributed by atoms with Gasteiger partial charge in [-0.25, -0.2) is 0 Å². The van der Waals surface area contributed by atoms with Crippen molar-refractivity contribution in [2.24, 2.45) is 17.4 Å². The van der Waals surface area contributed by atoms with Gasteiger partial charge in [0.2, 0.25) is 0 Å². The molecule has 3 fully saturated rings. The number of hydrogen-bond acceptors (Lipinski definition) is 13. The van der Waals surface area contributed by atoms with E-state index in [4.69, 9.17) is 30.4 Å². The highest BCUT2D eigenvalue weighted by Gasteiger charge is 2.50. The van der Waals surface area contributed by atoms with Crippen LogP contribution in [0.3, 0.4) is 0 Å². The molecule has 4 rings (SSSR count). The topological polar surface area (TPSA) is 223 Å². The van der Waals surface area contributed by atoms with E-state index in [9.17, 15) is 25.2 Å². The molecule has 14 heteroatoms. The molecule has 3 aliphatic heterocycles. The third-order valence-electron chi connectivity index (χ3n) is 8.00. The van der Waals surface area contributed by atoms with Gasteiger partial charge in [0.1, 0.15) is 30.2 Å². The summed E-state index contributed by atoms with van der Waals surface area (Å²) in [6.07, 6.45) is -2.40. The first-order chi connectivity index (χ1) is 19.1. The zero-order valence-corrected chi connectivity index (χ0v) is 23.1. The highest BCUT2D eigenvalue weighted by atomic mass is 16.7. The Hall–Kier alpha value is -1.43. The van der Waals surface area contributed by atoms with Crippen LogP contribution in [0, 0.1) is 5.92 Å². The van der Waals surface area contributed by atoms with Crippen molar-refractivity contribution in [2.45, 2.75) is 99.8 Å². The molecule has 0 aromatic heterocycles.